The van der Waals surface area contributed by atoms with Crippen molar-refractivity contribution in [2.24, 2.45) is 0 Å². The maximum atomic E-state index is 14.0. The molecule has 0 bridgehead atoms. The molecule has 0 spiro atoms. The molecule has 8 heteroatoms. The summed E-state index contributed by atoms with van der Waals surface area (Å²) < 4.78 is 47.4. The van der Waals surface area contributed by atoms with Gasteiger partial charge in [0.05, 0.1) is 12.7 Å². The molecule has 1 fully saturated rings. The lowest BCUT2D eigenvalue weighted by atomic mass is 10.1. The summed E-state index contributed by atoms with van der Waals surface area (Å²) >= 11 is 0. The highest BCUT2D eigenvalue weighted by molar-refractivity contribution is 7.89. The number of carbonyl (C=O) groups excluding carboxylic acids is 1. The lowest BCUT2D eigenvalue weighted by Crippen LogP contribution is -2.54. The van der Waals surface area contributed by atoms with Crippen molar-refractivity contribution < 1.29 is 22.3 Å². The van der Waals surface area contributed by atoms with Gasteiger partial charge in [-0.1, -0.05) is 42.5 Å². The molecule has 2 aromatic rings. The summed E-state index contributed by atoms with van der Waals surface area (Å²) in [6, 6.07) is 13.2. The number of sulfonamides is 1. The number of ether oxygens (including phenoxy) is 1. The predicted molar refractivity (Wildman–Crippen MR) is 103 cm³/mol. The standard InChI is InChI=1S/C20H23FN2O4S/c1-15-14-23(11-12-27-15)20(24)18(13-16-7-3-2-4-8-16)22-28(25,26)19-10-6-5-9-17(19)21/h2-10,15,18,22H,11-14H2,1H3/t15-,18+/m1/s1. The number of hydrogen-bond donors (Lipinski definition) is 1. The third-order valence-electron chi connectivity index (χ3n) is 4.56. The van der Waals surface area contributed by atoms with Crippen LogP contribution in [0.5, 0.6) is 0 Å². The Hall–Kier alpha value is -2.29. The lowest BCUT2D eigenvalue weighted by Gasteiger charge is -2.34. The van der Waals surface area contributed by atoms with Crippen LogP contribution < -0.4 is 4.72 Å². The average molecular weight is 406 g/mol. The van der Waals surface area contributed by atoms with Crippen molar-refractivity contribution in [3.63, 3.8) is 0 Å². The Kier molecular flexibility index (Phi) is 6.43. The minimum Gasteiger partial charge on any atom is -0.375 e. The molecule has 0 aliphatic carbocycles. The van der Waals surface area contributed by atoms with Crippen LogP contribution in [-0.2, 0) is 26.0 Å². The average Bonchev–Trinajstić information content (AvgIpc) is 2.68. The number of hydrogen-bond acceptors (Lipinski definition) is 4. The highest BCUT2D eigenvalue weighted by atomic mass is 32.2. The zero-order valence-corrected chi connectivity index (χ0v) is 16.4. The van der Waals surface area contributed by atoms with E-state index in [1.807, 2.05) is 37.3 Å². The molecule has 0 aromatic heterocycles. The van der Waals surface area contributed by atoms with Crippen LogP contribution in [-0.4, -0.2) is 51.1 Å². The quantitative estimate of drug-likeness (QED) is 0.796. The normalized spacial score (nSPS) is 18.6. The number of benzene rings is 2. The maximum Gasteiger partial charge on any atom is 0.244 e. The van der Waals surface area contributed by atoms with Crippen LogP contribution in [0.25, 0.3) is 0 Å². The summed E-state index contributed by atoms with van der Waals surface area (Å²) in [5, 5.41) is 0. The smallest absolute Gasteiger partial charge is 0.244 e. The lowest BCUT2D eigenvalue weighted by molar-refractivity contribution is -0.139. The molecule has 0 saturated carbocycles. The van der Waals surface area contributed by atoms with E-state index in [4.69, 9.17) is 4.74 Å². The predicted octanol–water partition coefficient (Wildman–Crippen LogP) is 1.96. The minimum atomic E-state index is -4.21. The van der Waals surface area contributed by atoms with Gasteiger partial charge in [0.15, 0.2) is 0 Å². The molecule has 150 valence electrons. The van der Waals surface area contributed by atoms with Crippen molar-refractivity contribution in [3.05, 3.63) is 66.0 Å². The van der Waals surface area contributed by atoms with Gasteiger partial charge < -0.3 is 9.64 Å². The molecule has 2 aromatic carbocycles. The van der Waals surface area contributed by atoms with Crippen LogP contribution in [0.2, 0.25) is 0 Å². The van der Waals surface area contributed by atoms with E-state index in [0.29, 0.717) is 19.7 Å². The van der Waals surface area contributed by atoms with Crippen molar-refractivity contribution in [2.75, 3.05) is 19.7 Å². The van der Waals surface area contributed by atoms with Gasteiger partial charge in [-0.25, -0.2) is 12.8 Å². The molecule has 0 unspecified atom stereocenters. The number of nitrogens with zero attached hydrogens (tertiary/aromatic N) is 1. The van der Waals surface area contributed by atoms with Crippen molar-refractivity contribution in [3.8, 4) is 0 Å². The van der Waals surface area contributed by atoms with E-state index in [2.05, 4.69) is 4.72 Å². The van der Waals surface area contributed by atoms with E-state index in [1.54, 1.807) is 4.90 Å². The summed E-state index contributed by atoms with van der Waals surface area (Å²) in [6.07, 6.45) is 0.0391. The molecular weight excluding hydrogens is 383 g/mol. The maximum absolute atomic E-state index is 14.0. The van der Waals surface area contributed by atoms with Crippen molar-refractivity contribution in [1.29, 1.82) is 0 Å². The summed E-state index contributed by atoms with van der Waals surface area (Å²) in [4.78, 5) is 14.2. The summed E-state index contributed by atoms with van der Waals surface area (Å²) in [7, 11) is -4.21. The second-order valence-corrected chi connectivity index (χ2v) is 8.44. The first-order valence-electron chi connectivity index (χ1n) is 9.08. The van der Waals surface area contributed by atoms with Crippen LogP contribution in [0.3, 0.4) is 0 Å². The highest BCUT2D eigenvalue weighted by Crippen LogP contribution is 2.16. The summed E-state index contributed by atoms with van der Waals surface area (Å²) in [6.45, 7) is 3.02. The molecule has 1 amide bonds. The Bertz CT molecular complexity index is 921. The van der Waals surface area contributed by atoms with Gasteiger partial charge in [-0.05, 0) is 31.0 Å². The first-order chi connectivity index (χ1) is 13.4. The van der Waals surface area contributed by atoms with Crippen molar-refractivity contribution >= 4 is 15.9 Å². The molecule has 1 aliphatic heterocycles. The number of halogens is 1. The monoisotopic (exact) mass is 406 g/mol. The highest BCUT2D eigenvalue weighted by Gasteiger charge is 2.32. The number of carbonyl (C=O) groups is 1. The SMILES string of the molecule is C[C@@H]1CN(C(=O)[C@H](Cc2ccccc2)NS(=O)(=O)c2ccccc2F)CCO1. The Morgan fingerprint density at radius 3 is 2.57 bits per heavy atom. The Morgan fingerprint density at radius 1 is 1.21 bits per heavy atom. The molecule has 28 heavy (non-hydrogen) atoms. The van der Waals surface area contributed by atoms with Crippen LogP contribution in [0.1, 0.15) is 12.5 Å². The summed E-state index contributed by atoms with van der Waals surface area (Å²) in [5.74, 6) is -1.21. The van der Waals surface area contributed by atoms with Crippen LogP contribution >= 0.6 is 0 Å². The van der Waals surface area contributed by atoms with E-state index in [-0.39, 0.29) is 18.4 Å². The number of nitrogens with one attached hydrogen (secondary N) is 1. The van der Waals surface area contributed by atoms with E-state index in [0.717, 1.165) is 11.6 Å². The van der Waals surface area contributed by atoms with Crippen molar-refractivity contribution in [2.45, 2.75) is 30.4 Å². The van der Waals surface area contributed by atoms with Crippen LogP contribution in [0, 0.1) is 5.82 Å². The zero-order chi connectivity index (χ0) is 20.1. The van der Waals surface area contributed by atoms with Gasteiger partial charge in [-0.3, -0.25) is 4.79 Å². The van der Waals surface area contributed by atoms with E-state index in [1.165, 1.54) is 18.2 Å². The van der Waals surface area contributed by atoms with E-state index < -0.39 is 26.8 Å². The fourth-order valence-electron chi connectivity index (χ4n) is 3.18. The molecule has 2 atom stereocenters. The van der Waals surface area contributed by atoms with Crippen LogP contribution in [0.15, 0.2) is 59.5 Å². The molecule has 0 radical (unpaired) electrons. The molecule has 3 rings (SSSR count). The second kappa shape index (κ2) is 8.81. The molecular formula is C20H23FN2O4S. The largest absolute Gasteiger partial charge is 0.375 e. The third kappa shape index (κ3) is 4.95. The molecule has 1 N–H and O–H groups in total. The first kappa shape index (κ1) is 20.4. The summed E-state index contributed by atoms with van der Waals surface area (Å²) in [5.41, 5.74) is 0.804. The molecule has 1 aliphatic rings. The minimum absolute atomic E-state index is 0.127. The van der Waals surface area contributed by atoms with Gasteiger partial charge in [-0.15, -0.1) is 0 Å². The van der Waals surface area contributed by atoms with Gasteiger partial charge in [-0.2, -0.15) is 4.72 Å². The second-order valence-electron chi connectivity index (χ2n) is 6.76. The fourth-order valence-corrected chi connectivity index (χ4v) is 4.45. The van der Waals surface area contributed by atoms with Crippen molar-refractivity contribution in [1.82, 2.24) is 9.62 Å². The number of amides is 1. The van der Waals surface area contributed by atoms with Gasteiger partial charge >= 0.3 is 0 Å². The van der Waals surface area contributed by atoms with E-state index >= 15 is 0 Å². The fraction of sp³-hybridized carbons (Fsp3) is 0.350. The molecule has 1 heterocycles. The topological polar surface area (TPSA) is 75.7 Å². The Labute approximate surface area is 164 Å². The molecule has 6 nitrogen and oxygen atoms in total. The van der Waals surface area contributed by atoms with Gasteiger partial charge in [0, 0.05) is 13.1 Å². The molecule has 1 saturated heterocycles. The van der Waals surface area contributed by atoms with Gasteiger partial charge in [0.2, 0.25) is 15.9 Å². The Balaban J connectivity index is 1.87. The third-order valence-corrected chi connectivity index (χ3v) is 6.06. The van der Waals surface area contributed by atoms with Gasteiger partial charge in [0.1, 0.15) is 16.8 Å². The van der Waals surface area contributed by atoms with Crippen LogP contribution in [0.4, 0.5) is 4.39 Å². The van der Waals surface area contributed by atoms with E-state index in [9.17, 15) is 17.6 Å². The van der Waals surface area contributed by atoms with Gasteiger partial charge in [0.25, 0.3) is 0 Å². The number of rotatable bonds is 6. The zero-order valence-electron chi connectivity index (χ0n) is 15.5. The first-order valence-corrected chi connectivity index (χ1v) is 10.6. The Morgan fingerprint density at radius 2 is 1.89 bits per heavy atom. The number of morpholine rings is 1.